The molecule has 4 rings (SSSR count). The van der Waals surface area contributed by atoms with E-state index in [0.29, 0.717) is 6.04 Å². The summed E-state index contributed by atoms with van der Waals surface area (Å²) in [6, 6.07) is 7.09. The van der Waals surface area contributed by atoms with Crippen molar-refractivity contribution in [2.24, 2.45) is 0 Å². The van der Waals surface area contributed by atoms with Crippen LogP contribution in [0.5, 0.6) is 0 Å². The maximum absolute atomic E-state index is 13.0. The SMILES string of the molecule is Fc1ccc(CN2CC[C@]3(C[C@H](n4cnnc4)CO3)C2)cc1. The second kappa shape index (κ2) is 5.44. The van der Waals surface area contributed by atoms with Crippen LogP contribution in [0.25, 0.3) is 0 Å². The predicted octanol–water partition coefficient (Wildman–Crippen LogP) is 2.02. The topological polar surface area (TPSA) is 43.2 Å². The largest absolute Gasteiger partial charge is 0.371 e. The van der Waals surface area contributed by atoms with Gasteiger partial charge in [0.15, 0.2) is 0 Å². The molecule has 2 fully saturated rings. The molecule has 0 radical (unpaired) electrons. The minimum Gasteiger partial charge on any atom is -0.371 e. The zero-order valence-corrected chi connectivity index (χ0v) is 12.4. The zero-order valence-electron chi connectivity index (χ0n) is 12.4. The highest BCUT2D eigenvalue weighted by atomic mass is 19.1. The van der Waals surface area contributed by atoms with Gasteiger partial charge in [-0.15, -0.1) is 10.2 Å². The summed E-state index contributed by atoms with van der Waals surface area (Å²) in [6.45, 7) is 3.53. The van der Waals surface area contributed by atoms with E-state index in [1.807, 2.05) is 16.7 Å². The number of hydrogen-bond donors (Lipinski definition) is 0. The molecule has 0 N–H and O–H groups in total. The molecule has 0 saturated carbocycles. The van der Waals surface area contributed by atoms with Gasteiger partial charge in [-0.3, -0.25) is 4.90 Å². The van der Waals surface area contributed by atoms with Crippen molar-refractivity contribution >= 4 is 0 Å². The summed E-state index contributed by atoms with van der Waals surface area (Å²) in [4.78, 5) is 2.39. The Morgan fingerprint density at radius 3 is 2.77 bits per heavy atom. The Morgan fingerprint density at radius 1 is 1.23 bits per heavy atom. The van der Waals surface area contributed by atoms with Crippen LogP contribution in [-0.4, -0.2) is 45.0 Å². The normalized spacial score (nSPS) is 28.7. The van der Waals surface area contributed by atoms with E-state index in [4.69, 9.17) is 4.74 Å². The van der Waals surface area contributed by atoms with Crippen LogP contribution in [-0.2, 0) is 11.3 Å². The third-order valence-electron chi connectivity index (χ3n) is 4.76. The van der Waals surface area contributed by atoms with Crippen LogP contribution in [0, 0.1) is 5.82 Å². The summed E-state index contributed by atoms with van der Waals surface area (Å²) >= 11 is 0. The van der Waals surface area contributed by atoms with Crippen LogP contribution >= 0.6 is 0 Å². The molecule has 0 amide bonds. The first-order valence-electron chi connectivity index (χ1n) is 7.67. The van der Waals surface area contributed by atoms with Crippen molar-refractivity contribution in [3.8, 4) is 0 Å². The minimum absolute atomic E-state index is 0.0467. The van der Waals surface area contributed by atoms with Crippen molar-refractivity contribution < 1.29 is 9.13 Å². The van der Waals surface area contributed by atoms with E-state index < -0.39 is 0 Å². The molecule has 5 nitrogen and oxygen atoms in total. The Kier molecular flexibility index (Phi) is 3.43. The summed E-state index contributed by atoms with van der Waals surface area (Å²) < 4.78 is 21.2. The molecule has 2 aromatic rings. The molecule has 0 unspecified atom stereocenters. The molecule has 3 heterocycles. The lowest BCUT2D eigenvalue weighted by molar-refractivity contribution is 0.0112. The Balaban J connectivity index is 1.39. The molecule has 1 aromatic carbocycles. The van der Waals surface area contributed by atoms with E-state index in [1.54, 1.807) is 12.7 Å². The van der Waals surface area contributed by atoms with Crippen molar-refractivity contribution in [3.63, 3.8) is 0 Å². The zero-order chi connectivity index (χ0) is 15.0. The first kappa shape index (κ1) is 13.8. The lowest BCUT2D eigenvalue weighted by Gasteiger charge is -2.23. The predicted molar refractivity (Wildman–Crippen MR) is 78.7 cm³/mol. The Hall–Kier alpha value is -1.79. The molecule has 22 heavy (non-hydrogen) atoms. The molecular weight excluding hydrogens is 283 g/mol. The van der Waals surface area contributed by atoms with Gasteiger partial charge in [-0.1, -0.05) is 12.1 Å². The van der Waals surface area contributed by atoms with Crippen LogP contribution in [0.15, 0.2) is 36.9 Å². The highest BCUT2D eigenvalue weighted by Gasteiger charge is 2.45. The number of likely N-dealkylation sites (tertiary alicyclic amines) is 1. The highest BCUT2D eigenvalue weighted by Crippen LogP contribution is 2.40. The third kappa shape index (κ3) is 2.64. The number of aromatic nitrogens is 3. The molecule has 2 saturated heterocycles. The van der Waals surface area contributed by atoms with Gasteiger partial charge in [-0.05, 0) is 24.1 Å². The van der Waals surface area contributed by atoms with E-state index in [1.165, 1.54) is 12.1 Å². The monoisotopic (exact) mass is 302 g/mol. The van der Waals surface area contributed by atoms with Gasteiger partial charge in [-0.25, -0.2) is 4.39 Å². The maximum atomic E-state index is 13.0. The maximum Gasteiger partial charge on any atom is 0.123 e. The fraction of sp³-hybridized carbons (Fsp3) is 0.500. The summed E-state index contributed by atoms with van der Waals surface area (Å²) in [5, 5.41) is 7.75. The number of halogens is 1. The van der Waals surface area contributed by atoms with Gasteiger partial charge in [0.2, 0.25) is 0 Å². The molecule has 0 bridgehead atoms. The standard InChI is InChI=1S/C16H19FN4O/c17-14-3-1-13(2-4-14)8-20-6-5-16(10-20)7-15(9-22-16)21-11-18-19-12-21/h1-4,11-12,15H,5-10H2/t15-,16-/m0/s1. The smallest absolute Gasteiger partial charge is 0.123 e. The van der Waals surface area contributed by atoms with Crippen LogP contribution in [0.1, 0.15) is 24.4 Å². The second-order valence-corrected chi connectivity index (χ2v) is 6.35. The molecule has 6 heteroatoms. The fourth-order valence-corrected chi connectivity index (χ4v) is 3.60. The van der Waals surface area contributed by atoms with E-state index >= 15 is 0 Å². The average molecular weight is 302 g/mol. The van der Waals surface area contributed by atoms with Crippen LogP contribution in [0.4, 0.5) is 4.39 Å². The summed E-state index contributed by atoms with van der Waals surface area (Å²) in [5.74, 6) is -0.183. The lowest BCUT2D eigenvalue weighted by Crippen LogP contribution is -2.32. The number of hydrogen-bond acceptors (Lipinski definition) is 4. The van der Waals surface area contributed by atoms with E-state index in [-0.39, 0.29) is 11.4 Å². The average Bonchev–Trinajstić information content (AvgIpc) is 3.24. The first-order chi connectivity index (χ1) is 10.7. The van der Waals surface area contributed by atoms with Gasteiger partial charge in [0.1, 0.15) is 18.5 Å². The number of rotatable bonds is 3. The van der Waals surface area contributed by atoms with Gasteiger partial charge in [0.25, 0.3) is 0 Å². The van der Waals surface area contributed by atoms with Gasteiger partial charge in [-0.2, -0.15) is 0 Å². The van der Waals surface area contributed by atoms with Crippen molar-refractivity contribution in [2.75, 3.05) is 19.7 Å². The molecule has 2 aliphatic heterocycles. The summed E-state index contributed by atoms with van der Waals surface area (Å²) in [7, 11) is 0. The van der Waals surface area contributed by atoms with Crippen LogP contribution in [0.3, 0.4) is 0 Å². The molecule has 1 spiro atoms. The number of ether oxygens (including phenoxy) is 1. The van der Waals surface area contributed by atoms with Crippen LogP contribution < -0.4 is 0 Å². The first-order valence-corrected chi connectivity index (χ1v) is 7.67. The van der Waals surface area contributed by atoms with Crippen molar-refractivity contribution in [1.29, 1.82) is 0 Å². The third-order valence-corrected chi connectivity index (χ3v) is 4.76. The fourth-order valence-electron chi connectivity index (χ4n) is 3.60. The van der Waals surface area contributed by atoms with E-state index in [0.717, 1.165) is 44.6 Å². The van der Waals surface area contributed by atoms with Gasteiger partial charge in [0, 0.05) is 26.1 Å². The Morgan fingerprint density at radius 2 is 2.00 bits per heavy atom. The minimum atomic E-state index is -0.183. The molecule has 0 aliphatic carbocycles. The van der Waals surface area contributed by atoms with Crippen LogP contribution in [0.2, 0.25) is 0 Å². The number of benzene rings is 1. The second-order valence-electron chi connectivity index (χ2n) is 6.35. The van der Waals surface area contributed by atoms with Crippen molar-refractivity contribution in [1.82, 2.24) is 19.7 Å². The summed E-state index contributed by atoms with van der Waals surface area (Å²) in [5.41, 5.74) is 1.10. The Labute approximate surface area is 128 Å². The quantitative estimate of drug-likeness (QED) is 0.870. The van der Waals surface area contributed by atoms with Gasteiger partial charge >= 0.3 is 0 Å². The lowest BCUT2D eigenvalue weighted by atomic mass is 9.97. The van der Waals surface area contributed by atoms with Crippen molar-refractivity contribution in [3.05, 3.63) is 48.3 Å². The molecule has 2 aliphatic rings. The van der Waals surface area contributed by atoms with Gasteiger partial charge < -0.3 is 9.30 Å². The van der Waals surface area contributed by atoms with E-state index in [2.05, 4.69) is 15.1 Å². The molecule has 116 valence electrons. The number of nitrogens with zero attached hydrogens (tertiary/aromatic N) is 4. The summed E-state index contributed by atoms with van der Waals surface area (Å²) in [6.07, 6.45) is 5.58. The molecule has 2 atom stereocenters. The van der Waals surface area contributed by atoms with E-state index in [9.17, 15) is 4.39 Å². The molecular formula is C16H19FN4O. The highest BCUT2D eigenvalue weighted by molar-refractivity contribution is 5.16. The van der Waals surface area contributed by atoms with Crippen molar-refractivity contribution in [2.45, 2.75) is 31.0 Å². The van der Waals surface area contributed by atoms with Gasteiger partial charge in [0.05, 0.1) is 18.2 Å². The molecule has 1 aromatic heterocycles. The Bertz CT molecular complexity index is 630.